The van der Waals surface area contributed by atoms with Crippen LogP contribution in [0.25, 0.3) is 0 Å². The van der Waals surface area contributed by atoms with Crippen LogP contribution < -0.4 is 13.8 Å². The molecule has 0 spiro atoms. The molecule has 0 unspecified atom stereocenters. The second-order valence-corrected chi connectivity index (χ2v) is 14.4. The Morgan fingerprint density at radius 3 is 1.51 bits per heavy atom. The van der Waals surface area contributed by atoms with Crippen molar-refractivity contribution in [1.29, 1.82) is 0 Å². The number of hydrogen-bond donors (Lipinski definition) is 0. The third-order valence-corrected chi connectivity index (χ3v) is 9.99. The van der Waals surface area contributed by atoms with Gasteiger partial charge < -0.3 is 9.47 Å². The molecule has 6 rings (SSSR count). The molecule has 6 aromatic rings. The first-order chi connectivity index (χ1) is 23.6. The van der Waals surface area contributed by atoms with Gasteiger partial charge in [0, 0.05) is 35.3 Å². The Kier molecular flexibility index (Phi) is 9.51. The van der Waals surface area contributed by atoms with Gasteiger partial charge in [0.1, 0.15) is 18.1 Å². The highest BCUT2D eigenvalue weighted by Crippen LogP contribution is 2.42. The SMILES string of the molecule is CN(c1nccc(COc2ccc(C(C)(C)c3ccc(OC(c4ccccc4)(c4ccccc4)c4ccccc4)cc3)cc2)n1)S(C)(=O)=O. The molecular formula is C41H39N3O4S. The fraction of sp³-hybridized carbons (Fsp3) is 0.171. The fourth-order valence-corrected chi connectivity index (χ4v) is 6.25. The van der Waals surface area contributed by atoms with Crippen molar-refractivity contribution in [3.63, 3.8) is 0 Å². The Bertz CT molecular complexity index is 1990. The third kappa shape index (κ3) is 7.20. The molecule has 0 aliphatic carbocycles. The molecule has 0 saturated heterocycles. The van der Waals surface area contributed by atoms with Gasteiger partial charge in [-0.2, -0.15) is 0 Å². The van der Waals surface area contributed by atoms with Crippen LogP contribution in [0.2, 0.25) is 0 Å². The predicted molar refractivity (Wildman–Crippen MR) is 194 cm³/mol. The zero-order chi connectivity index (χ0) is 34.5. The van der Waals surface area contributed by atoms with Gasteiger partial charge in [-0.25, -0.2) is 22.7 Å². The molecule has 5 aromatic carbocycles. The Labute approximate surface area is 288 Å². The summed E-state index contributed by atoms with van der Waals surface area (Å²) in [7, 11) is -2.05. The quantitative estimate of drug-likeness (QED) is 0.122. The first kappa shape index (κ1) is 33.4. The van der Waals surface area contributed by atoms with Crippen LogP contribution >= 0.6 is 0 Å². The molecule has 7 nitrogen and oxygen atoms in total. The molecule has 0 radical (unpaired) electrons. The van der Waals surface area contributed by atoms with Crippen LogP contribution in [0.5, 0.6) is 11.5 Å². The minimum atomic E-state index is -3.47. The molecule has 0 aliphatic heterocycles. The van der Waals surface area contributed by atoms with Gasteiger partial charge in [0.05, 0.1) is 11.9 Å². The van der Waals surface area contributed by atoms with Crippen molar-refractivity contribution in [2.45, 2.75) is 31.5 Å². The lowest BCUT2D eigenvalue weighted by Gasteiger charge is -2.36. The summed E-state index contributed by atoms with van der Waals surface area (Å²) >= 11 is 0. The Morgan fingerprint density at radius 2 is 1.06 bits per heavy atom. The minimum Gasteiger partial charge on any atom is -0.487 e. The van der Waals surface area contributed by atoms with Crippen LogP contribution in [-0.2, 0) is 27.6 Å². The van der Waals surface area contributed by atoms with Crippen molar-refractivity contribution in [2.75, 3.05) is 17.6 Å². The highest BCUT2D eigenvalue weighted by Gasteiger charge is 2.39. The van der Waals surface area contributed by atoms with Crippen LogP contribution in [0.1, 0.15) is 47.4 Å². The monoisotopic (exact) mass is 669 g/mol. The summed E-state index contributed by atoms with van der Waals surface area (Å²) in [6.45, 7) is 4.57. The zero-order valence-electron chi connectivity index (χ0n) is 28.0. The van der Waals surface area contributed by atoms with Gasteiger partial charge in [-0.3, -0.25) is 0 Å². The zero-order valence-corrected chi connectivity index (χ0v) is 28.8. The Morgan fingerprint density at radius 1 is 0.612 bits per heavy atom. The van der Waals surface area contributed by atoms with Gasteiger partial charge in [0.2, 0.25) is 16.0 Å². The largest absolute Gasteiger partial charge is 0.487 e. The summed E-state index contributed by atoms with van der Waals surface area (Å²) in [5.74, 6) is 1.54. The van der Waals surface area contributed by atoms with Crippen molar-refractivity contribution in [3.05, 3.63) is 185 Å². The molecule has 0 atom stereocenters. The first-order valence-corrected chi connectivity index (χ1v) is 17.9. The average Bonchev–Trinajstić information content (AvgIpc) is 3.14. The molecule has 0 N–H and O–H groups in total. The van der Waals surface area contributed by atoms with Gasteiger partial charge in [0.15, 0.2) is 5.60 Å². The molecule has 0 saturated carbocycles. The molecule has 0 fully saturated rings. The van der Waals surface area contributed by atoms with Crippen molar-refractivity contribution >= 4 is 16.0 Å². The maximum Gasteiger partial charge on any atom is 0.239 e. The summed E-state index contributed by atoms with van der Waals surface area (Å²) in [5.41, 5.74) is 4.81. The smallest absolute Gasteiger partial charge is 0.239 e. The van der Waals surface area contributed by atoms with E-state index in [2.05, 4.69) is 96.6 Å². The van der Waals surface area contributed by atoms with Crippen LogP contribution in [-0.4, -0.2) is 31.7 Å². The maximum absolute atomic E-state index is 11.9. The minimum absolute atomic E-state index is 0.100. The predicted octanol–water partition coefficient (Wildman–Crippen LogP) is 8.15. The molecule has 0 bridgehead atoms. The van der Waals surface area contributed by atoms with E-state index in [4.69, 9.17) is 9.47 Å². The molecule has 248 valence electrons. The highest BCUT2D eigenvalue weighted by molar-refractivity contribution is 7.92. The number of benzene rings is 5. The number of hydrogen-bond acceptors (Lipinski definition) is 6. The lowest BCUT2D eigenvalue weighted by molar-refractivity contribution is 0.155. The van der Waals surface area contributed by atoms with Gasteiger partial charge >= 0.3 is 0 Å². The molecule has 1 aromatic heterocycles. The highest BCUT2D eigenvalue weighted by atomic mass is 32.2. The van der Waals surface area contributed by atoms with Crippen molar-refractivity contribution in [2.24, 2.45) is 0 Å². The van der Waals surface area contributed by atoms with Gasteiger partial charge in [-0.05, 0) is 41.5 Å². The van der Waals surface area contributed by atoms with Gasteiger partial charge in [-0.15, -0.1) is 0 Å². The second-order valence-electron chi connectivity index (χ2n) is 12.4. The van der Waals surface area contributed by atoms with E-state index in [9.17, 15) is 8.42 Å². The average molecular weight is 670 g/mol. The van der Waals surface area contributed by atoms with E-state index in [0.29, 0.717) is 11.4 Å². The maximum atomic E-state index is 11.9. The first-order valence-electron chi connectivity index (χ1n) is 16.0. The van der Waals surface area contributed by atoms with Crippen LogP contribution in [0, 0.1) is 0 Å². The summed E-state index contributed by atoms with van der Waals surface area (Å²) in [6, 6.07) is 49.1. The topological polar surface area (TPSA) is 81.6 Å². The van der Waals surface area contributed by atoms with Crippen LogP contribution in [0.3, 0.4) is 0 Å². The summed E-state index contributed by atoms with van der Waals surface area (Å²) < 4.78 is 37.9. The van der Waals surface area contributed by atoms with E-state index in [0.717, 1.165) is 44.1 Å². The summed E-state index contributed by atoms with van der Waals surface area (Å²) in [4.78, 5) is 8.40. The molecule has 0 amide bonds. The van der Waals surface area contributed by atoms with E-state index >= 15 is 0 Å². The van der Waals surface area contributed by atoms with Crippen molar-refractivity contribution < 1.29 is 17.9 Å². The summed E-state index contributed by atoms with van der Waals surface area (Å²) in [5, 5.41) is 0. The van der Waals surface area contributed by atoms with E-state index in [1.807, 2.05) is 66.7 Å². The van der Waals surface area contributed by atoms with E-state index in [-0.39, 0.29) is 18.0 Å². The number of rotatable bonds is 12. The Balaban J connectivity index is 1.22. The van der Waals surface area contributed by atoms with Gasteiger partial charge in [0.25, 0.3) is 0 Å². The number of aromatic nitrogens is 2. The molecular weight excluding hydrogens is 631 g/mol. The van der Waals surface area contributed by atoms with Crippen LogP contribution in [0.4, 0.5) is 5.95 Å². The molecule has 0 aliphatic rings. The van der Waals surface area contributed by atoms with Crippen molar-refractivity contribution in [3.8, 4) is 11.5 Å². The lowest BCUT2D eigenvalue weighted by atomic mass is 9.78. The van der Waals surface area contributed by atoms with E-state index < -0.39 is 15.6 Å². The normalized spacial score (nSPS) is 11.9. The fourth-order valence-electron chi connectivity index (χ4n) is 5.87. The molecule has 49 heavy (non-hydrogen) atoms. The van der Waals surface area contributed by atoms with E-state index in [1.165, 1.54) is 13.2 Å². The standard InChI is InChI=1S/C41H39N3O4S/c1-40(2,31-20-24-37(25-21-31)47-30-36-28-29-42-39(43-36)44(3)49(4,45)46)32-22-26-38(27-23-32)48-41(33-14-8-5-9-15-33,34-16-10-6-11-17-34)35-18-12-7-13-19-35/h5-29H,30H2,1-4H3. The van der Waals surface area contributed by atoms with Gasteiger partial charge in [-0.1, -0.05) is 129 Å². The number of nitrogens with zero attached hydrogens (tertiary/aromatic N) is 3. The lowest BCUT2D eigenvalue weighted by Crippen LogP contribution is -2.36. The van der Waals surface area contributed by atoms with Crippen molar-refractivity contribution in [1.82, 2.24) is 9.97 Å². The molecule has 1 heterocycles. The number of anilines is 1. The second kappa shape index (κ2) is 13.9. The van der Waals surface area contributed by atoms with Crippen LogP contribution in [0.15, 0.2) is 152 Å². The molecule has 8 heteroatoms. The van der Waals surface area contributed by atoms with E-state index in [1.54, 1.807) is 6.07 Å². The third-order valence-electron chi connectivity index (χ3n) is 8.83. The summed E-state index contributed by atoms with van der Waals surface area (Å²) in [6.07, 6.45) is 2.63. The number of sulfonamides is 1. The Hall–Kier alpha value is -5.47. The number of ether oxygens (including phenoxy) is 2.